The summed E-state index contributed by atoms with van der Waals surface area (Å²) in [7, 11) is 0. The summed E-state index contributed by atoms with van der Waals surface area (Å²) < 4.78 is 0. The Morgan fingerprint density at radius 1 is 1.42 bits per heavy atom. The van der Waals surface area contributed by atoms with E-state index in [0.29, 0.717) is 5.92 Å². The SMILES string of the molecule is CCC(C)CNC(CC)C(N)=O. The van der Waals surface area contributed by atoms with Crippen molar-refractivity contribution >= 4 is 5.91 Å². The molecule has 0 aliphatic rings. The Hall–Kier alpha value is -0.570. The molecule has 0 fully saturated rings. The van der Waals surface area contributed by atoms with Gasteiger partial charge in [-0.2, -0.15) is 0 Å². The quantitative estimate of drug-likeness (QED) is 0.625. The van der Waals surface area contributed by atoms with Crippen molar-refractivity contribution in [3.8, 4) is 0 Å². The van der Waals surface area contributed by atoms with Gasteiger partial charge in [0, 0.05) is 0 Å². The summed E-state index contributed by atoms with van der Waals surface area (Å²) in [6.45, 7) is 7.12. The Bertz CT molecular complexity index is 136. The lowest BCUT2D eigenvalue weighted by molar-refractivity contribution is -0.120. The van der Waals surface area contributed by atoms with Gasteiger partial charge in [0.25, 0.3) is 0 Å². The minimum atomic E-state index is -0.249. The first-order valence-electron chi connectivity index (χ1n) is 4.64. The van der Waals surface area contributed by atoms with Gasteiger partial charge in [-0.15, -0.1) is 0 Å². The predicted molar refractivity (Wildman–Crippen MR) is 50.7 cm³/mol. The van der Waals surface area contributed by atoms with E-state index in [4.69, 9.17) is 5.73 Å². The van der Waals surface area contributed by atoms with Gasteiger partial charge in [0.05, 0.1) is 6.04 Å². The van der Waals surface area contributed by atoms with Crippen LogP contribution in [-0.2, 0) is 4.79 Å². The van der Waals surface area contributed by atoms with Gasteiger partial charge in [0.15, 0.2) is 0 Å². The molecular weight excluding hydrogens is 152 g/mol. The molecule has 0 aliphatic carbocycles. The average molecular weight is 172 g/mol. The second-order valence-corrected chi connectivity index (χ2v) is 3.28. The number of primary amides is 1. The van der Waals surface area contributed by atoms with Crippen LogP contribution in [0.1, 0.15) is 33.6 Å². The van der Waals surface area contributed by atoms with Crippen LogP contribution in [0, 0.1) is 5.92 Å². The van der Waals surface area contributed by atoms with Crippen LogP contribution in [0.5, 0.6) is 0 Å². The summed E-state index contributed by atoms with van der Waals surface area (Å²) >= 11 is 0. The van der Waals surface area contributed by atoms with Crippen LogP contribution in [0.25, 0.3) is 0 Å². The molecule has 2 atom stereocenters. The number of hydrogen-bond acceptors (Lipinski definition) is 2. The number of carbonyl (C=O) groups excluding carboxylic acids is 1. The maximum absolute atomic E-state index is 10.8. The van der Waals surface area contributed by atoms with E-state index in [1.807, 2.05) is 6.92 Å². The molecule has 0 aromatic carbocycles. The van der Waals surface area contributed by atoms with Gasteiger partial charge in [-0.05, 0) is 18.9 Å². The number of hydrogen-bond donors (Lipinski definition) is 2. The molecular formula is C9H20N2O. The van der Waals surface area contributed by atoms with Crippen LogP contribution in [-0.4, -0.2) is 18.5 Å². The Labute approximate surface area is 74.7 Å². The Balaban J connectivity index is 3.65. The monoisotopic (exact) mass is 172 g/mol. The van der Waals surface area contributed by atoms with Gasteiger partial charge in [0.2, 0.25) is 5.91 Å². The highest BCUT2D eigenvalue weighted by Gasteiger charge is 2.11. The zero-order valence-electron chi connectivity index (χ0n) is 8.26. The number of nitrogens with one attached hydrogen (secondary N) is 1. The molecule has 0 aromatic heterocycles. The third kappa shape index (κ3) is 4.34. The molecule has 0 bridgehead atoms. The number of rotatable bonds is 6. The van der Waals surface area contributed by atoms with Gasteiger partial charge in [-0.25, -0.2) is 0 Å². The second-order valence-electron chi connectivity index (χ2n) is 3.28. The summed E-state index contributed by atoms with van der Waals surface area (Å²) in [4.78, 5) is 10.8. The van der Waals surface area contributed by atoms with E-state index in [0.717, 1.165) is 19.4 Å². The smallest absolute Gasteiger partial charge is 0.234 e. The van der Waals surface area contributed by atoms with E-state index in [1.54, 1.807) is 0 Å². The van der Waals surface area contributed by atoms with Crippen LogP contribution in [0.4, 0.5) is 0 Å². The fourth-order valence-electron chi connectivity index (χ4n) is 0.934. The standard InChI is InChI=1S/C9H20N2O/c1-4-7(3)6-11-8(5-2)9(10)12/h7-8,11H,4-6H2,1-3H3,(H2,10,12). The van der Waals surface area contributed by atoms with E-state index < -0.39 is 0 Å². The van der Waals surface area contributed by atoms with E-state index >= 15 is 0 Å². The van der Waals surface area contributed by atoms with Crippen molar-refractivity contribution in [2.75, 3.05) is 6.54 Å². The zero-order chi connectivity index (χ0) is 9.56. The van der Waals surface area contributed by atoms with Crippen LogP contribution < -0.4 is 11.1 Å². The molecule has 0 aliphatic heterocycles. The van der Waals surface area contributed by atoms with Gasteiger partial charge >= 0.3 is 0 Å². The second kappa shape index (κ2) is 6.00. The van der Waals surface area contributed by atoms with Gasteiger partial charge in [-0.3, -0.25) is 4.79 Å². The topological polar surface area (TPSA) is 55.1 Å². The van der Waals surface area contributed by atoms with Gasteiger partial charge in [-0.1, -0.05) is 27.2 Å². The van der Waals surface area contributed by atoms with Crippen molar-refractivity contribution in [2.45, 2.75) is 39.7 Å². The summed E-state index contributed by atoms with van der Waals surface area (Å²) in [6, 6.07) is -0.154. The molecule has 2 unspecified atom stereocenters. The molecule has 3 N–H and O–H groups in total. The molecule has 12 heavy (non-hydrogen) atoms. The van der Waals surface area contributed by atoms with E-state index in [9.17, 15) is 4.79 Å². The minimum Gasteiger partial charge on any atom is -0.368 e. The Morgan fingerprint density at radius 2 is 2.00 bits per heavy atom. The molecule has 1 amide bonds. The molecule has 0 saturated heterocycles. The fourth-order valence-corrected chi connectivity index (χ4v) is 0.934. The van der Waals surface area contributed by atoms with E-state index in [-0.39, 0.29) is 11.9 Å². The number of amides is 1. The van der Waals surface area contributed by atoms with Gasteiger partial charge in [0.1, 0.15) is 0 Å². The molecule has 0 spiro atoms. The third-order valence-corrected chi connectivity index (χ3v) is 2.16. The molecule has 3 nitrogen and oxygen atoms in total. The molecule has 0 aromatic rings. The molecule has 3 heteroatoms. The summed E-state index contributed by atoms with van der Waals surface area (Å²) in [6.07, 6.45) is 1.90. The first-order chi connectivity index (χ1) is 5.61. The van der Waals surface area contributed by atoms with Gasteiger partial charge < -0.3 is 11.1 Å². The Morgan fingerprint density at radius 3 is 2.33 bits per heavy atom. The molecule has 72 valence electrons. The number of nitrogens with two attached hydrogens (primary N) is 1. The summed E-state index contributed by atoms with van der Waals surface area (Å²) in [5, 5.41) is 3.14. The Kier molecular flexibility index (Phi) is 5.72. The largest absolute Gasteiger partial charge is 0.368 e. The lowest BCUT2D eigenvalue weighted by Gasteiger charge is -2.15. The van der Waals surface area contributed by atoms with Crippen LogP contribution in [0.2, 0.25) is 0 Å². The lowest BCUT2D eigenvalue weighted by Crippen LogP contribution is -2.42. The van der Waals surface area contributed by atoms with Crippen LogP contribution in [0.3, 0.4) is 0 Å². The normalized spacial score (nSPS) is 15.6. The number of carbonyl (C=O) groups is 1. The zero-order valence-corrected chi connectivity index (χ0v) is 8.26. The predicted octanol–water partition coefficient (Wildman–Crippen LogP) is 0.886. The molecule has 0 rings (SSSR count). The van der Waals surface area contributed by atoms with Crippen molar-refractivity contribution in [3.05, 3.63) is 0 Å². The highest BCUT2D eigenvalue weighted by molar-refractivity contribution is 5.79. The summed E-state index contributed by atoms with van der Waals surface area (Å²) in [5.41, 5.74) is 5.17. The highest BCUT2D eigenvalue weighted by Crippen LogP contribution is 1.99. The highest BCUT2D eigenvalue weighted by atomic mass is 16.1. The van der Waals surface area contributed by atoms with Crippen molar-refractivity contribution in [2.24, 2.45) is 11.7 Å². The maximum Gasteiger partial charge on any atom is 0.234 e. The first kappa shape index (κ1) is 11.4. The van der Waals surface area contributed by atoms with E-state index in [1.165, 1.54) is 0 Å². The lowest BCUT2D eigenvalue weighted by atomic mass is 10.1. The summed E-state index contributed by atoms with van der Waals surface area (Å²) in [5.74, 6) is 0.360. The first-order valence-corrected chi connectivity index (χ1v) is 4.64. The van der Waals surface area contributed by atoms with Crippen LogP contribution in [0.15, 0.2) is 0 Å². The van der Waals surface area contributed by atoms with Crippen molar-refractivity contribution in [3.63, 3.8) is 0 Å². The maximum atomic E-state index is 10.8. The average Bonchev–Trinajstić information content (AvgIpc) is 2.04. The van der Waals surface area contributed by atoms with E-state index in [2.05, 4.69) is 19.2 Å². The minimum absolute atomic E-state index is 0.154. The fraction of sp³-hybridized carbons (Fsp3) is 0.889. The molecule has 0 saturated carbocycles. The van der Waals surface area contributed by atoms with Crippen molar-refractivity contribution in [1.82, 2.24) is 5.32 Å². The molecule has 0 radical (unpaired) electrons. The third-order valence-electron chi connectivity index (χ3n) is 2.16. The van der Waals surface area contributed by atoms with Crippen molar-refractivity contribution in [1.29, 1.82) is 0 Å². The molecule has 0 heterocycles. The van der Waals surface area contributed by atoms with Crippen molar-refractivity contribution < 1.29 is 4.79 Å². The van der Waals surface area contributed by atoms with Crippen LogP contribution >= 0.6 is 0 Å².